The Hall–Kier alpha value is -2.63. The summed E-state index contributed by atoms with van der Waals surface area (Å²) in [6, 6.07) is 0. The van der Waals surface area contributed by atoms with Crippen LogP contribution in [0.25, 0.3) is 6.08 Å². The molecule has 0 aromatic carbocycles. The van der Waals surface area contributed by atoms with Crippen LogP contribution in [0, 0.1) is 0 Å². The maximum Gasteiger partial charge on any atom is 0.331 e. The lowest BCUT2D eigenvalue weighted by atomic mass is 9.97. The molecule has 6 nitrogen and oxygen atoms in total. The summed E-state index contributed by atoms with van der Waals surface area (Å²) in [6.45, 7) is 0.350. The minimum atomic E-state index is -0.608. The van der Waals surface area contributed by atoms with Gasteiger partial charge in [0, 0.05) is 12.8 Å². The lowest BCUT2D eigenvalue weighted by Gasteiger charge is -2.14. The third-order valence-corrected chi connectivity index (χ3v) is 4.12. The van der Waals surface area contributed by atoms with E-state index in [1.807, 2.05) is 0 Å². The molecule has 0 saturated carbocycles. The van der Waals surface area contributed by atoms with Crippen LogP contribution >= 0.6 is 0 Å². The van der Waals surface area contributed by atoms with Gasteiger partial charge in [-0.05, 0) is 50.3 Å². The number of nitrogens with one attached hydrogen (secondary N) is 1. The van der Waals surface area contributed by atoms with Crippen molar-refractivity contribution in [2.75, 3.05) is 0 Å². The second kappa shape index (κ2) is 6.64. The topological polar surface area (TPSA) is 87.5 Å². The molecule has 120 valence electrons. The standard InChI is InChI=1S/C17H19N3O3/c21-15-14(11-13-7-4-9-18-13)16(22)20(17(23)19-15)10-8-12-5-2-1-3-6-12/h4-5,7,9,11,22H,1-3,6,8,10H2,(H,19,21,23). The quantitative estimate of drug-likeness (QED) is 0.835. The molecule has 0 amide bonds. The number of aromatic hydroxyl groups is 1. The molecule has 3 rings (SSSR count). The molecule has 2 N–H and O–H groups in total. The van der Waals surface area contributed by atoms with Crippen molar-refractivity contribution in [3.8, 4) is 5.88 Å². The van der Waals surface area contributed by atoms with Gasteiger partial charge in [0.15, 0.2) is 0 Å². The van der Waals surface area contributed by atoms with Gasteiger partial charge in [-0.3, -0.25) is 19.3 Å². The van der Waals surface area contributed by atoms with E-state index in [2.05, 4.69) is 16.1 Å². The summed E-state index contributed by atoms with van der Waals surface area (Å²) < 4.78 is 1.21. The van der Waals surface area contributed by atoms with Gasteiger partial charge >= 0.3 is 5.69 Å². The van der Waals surface area contributed by atoms with Gasteiger partial charge in [-0.2, -0.15) is 0 Å². The molecule has 0 radical (unpaired) electrons. The first-order chi connectivity index (χ1) is 11.1. The van der Waals surface area contributed by atoms with E-state index in [-0.39, 0.29) is 11.4 Å². The fraction of sp³-hybridized carbons (Fsp3) is 0.353. The van der Waals surface area contributed by atoms with Gasteiger partial charge < -0.3 is 5.11 Å². The lowest BCUT2D eigenvalue weighted by molar-refractivity contribution is 0.397. The molecule has 0 atom stereocenters. The van der Waals surface area contributed by atoms with Gasteiger partial charge in [0.2, 0.25) is 5.88 Å². The molecular weight excluding hydrogens is 294 g/mol. The van der Waals surface area contributed by atoms with E-state index in [1.165, 1.54) is 29.1 Å². The predicted molar refractivity (Wildman–Crippen MR) is 89.8 cm³/mol. The van der Waals surface area contributed by atoms with Crippen molar-refractivity contribution in [1.82, 2.24) is 9.55 Å². The van der Waals surface area contributed by atoms with Crippen molar-refractivity contribution in [1.29, 1.82) is 0 Å². The van der Waals surface area contributed by atoms with E-state index in [9.17, 15) is 14.7 Å². The fourth-order valence-corrected chi connectivity index (χ4v) is 2.85. The highest BCUT2D eigenvalue weighted by Gasteiger charge is 2.14. The zero-order valence-electron chi connectivity index (χ0n) is 12.8. The largest absolute Gasteiger partial charge is 0.494 e. The molecule has 0 bridgehead atoms. The summed E-state index contributed by atoms with van der Waals surface area (Å²) in [5.74, 6) is -0.307. The minimum absolute atomic E-state index is 0.0564. The van der Waals surface area contributed by atoms with Crippen molar-refractivity contribution >= 4 is 12.3 Å². The summed E-state index contributed by atoms with van der Waals surface area (Å²) in [5.41, 5.74) is 0.726. The van der Waals surface area contributed by atoms with Crippen molar-refractivity contribution in [2.45, 2.75) is 38.6 Å². The van der Waals surface area contributed by atoms with Crippen LogP contribution in [-0.4, -0.2) is 20.9 Å². The fourth-order valence-electron chi connectivity index (χ4n) is 2.85. The Kier molecular flexibility index (Phi) is 4.41. The van der Waals surface area contributed by atoms with Crippen LogP contribution in [0.3, 0.4) is 0 Å². The highest BCUT2D eigenvalue weighted by atomic mass is 16.3. The molecule has 23 heavy (non-hydrogen) atoms. The van der Waals surface area contributed by atoms with Crippen LogP contribution < -0.4 is 11.2 Å². The normalized spacial score (nSPS) is 18.6. The Balaban J connectivity index is 1.90. The number of H-pyrrole nitrogens is 1. The van der Waals surface area contributed by atoms with E-state index >= 15 is 0 Å². The molecule has 0 unspecified atom stereocenters. The zero-order valence-corrected chi connectivity index (χ0v) is 12.8. The van der Waals surface area contributed by atoms with Gasteiger partial charge in [0.1, 0.15) is 5.56 Å². The number of hydrogen-bond donors (Lipinski definition) is 2. The molecule has 0 spiro atoms. The molecule has 0 fully saturated rings. The first-order valence-electron chi connectivity index (χ1n) is 7.81. The third kappa shape index (κ3) is 3.41. The van der Waals surface area contributed by atoms with E-state index in [4.69, 9.17) is 0 Å². The van der Waals surface area contributed by atoms with Gasteiger partial charge in [0.05, 0.1) is 5.70 Å². The SMILES string of the molecule is O=c1[nH]c(=O)n(CCC2=CCCCC2)c(O)c1C=C1C=CC=N1. The highest BCUT2D eigenvalue weighted by molar-refractivity contribution is 5.79. The van der Waals surface area contributed by atoms with Crippen LogP contribution in [-0.2, 0) is 6.54 Å². The number of nitrogens with zero attached hydrogens (tertiary/aromatic N) is 2. The van der Waals surface area contributed by atoms with E-state index in [0.717, 1.165) is 12.8 Å². The average molecular weight is 313 g/mol. The van der Waals surface area contributed by atoms with Gasteiger partial charge in [0.25, 0.3) is 5.56 Å². The number of allylic oxidation sites excluding steroid dienone is 4. The first-order valence-corrected chi connectivity index (χ1v) is 7.81. The average Bonchev–Trinajstić information content (AvgIpc) is 3.05. The van der Waals surface area contributed by atoms with E-state index < -0.39 is 11.2 Å². The Labute approximate surface area is 133 Å². The Morgan fingerprint density at radius 3 is 2.91 bits per heavy atom. The number of aromatic nitrogens is 2. The maximum atomic E-state index is 12.0. The van der Waals surface area contributed by atoms with Crippen LogP contribution in [0.15, 0.2) is 44.1 Å². The van der Waals surface area contributed by atoms with Gasteiger partial charge in [-0.25, -0.2) is 4.79 Å². The molecule has 1 aliphatic heterocycles. The summed E-state index contributed by atoms with van der Waals surface area (Å²) in [4.78, 5) is 30.2. The number of rotatable bonds is 4. The molecule has 2 aliphatic rings. The van der Waals surface area contributed by atoms with Crippen molar-refractivity contribution in [2.24, 2.45) is 4.99 Å². The number of hydrogen-bond acceptors (Lipinski definition) is 4. The first kappa shape index (κ1) is 15.3. The van der Waals surface area contributed by atoms with Gasteiger partial charge in [-0.15, -0.1) is 0 Å². The number of aromatic amines is 1. The molecule has 0 saturated heterocycles. The van der Waals surface area contributed by atoms with Crippen LogP contribution in [0.1, 0.15) is 37.7 Å². The maximum absolute atomic E-state index is 12.0. The summed E-state index contributed by atoms with van der Waals surface area (Å²) in [7, 11) is 0. The highest BCUT2D eigenvalue weighted by Crippen LogP contribution is 2.22. The summed E-state index contributed by atoms with van der Waals surface area (Å²) in [6.07, 6.45) is 13.9. The van der Waals surface area contributed by atoms with Crippen LogP contribution in [0.4, 0.5) is 0 Å². The van der Waals surface area contributed by atoms with Crippen LogP contribution in [0.5, 0.6) is 5.88 Å². The Morgan fingerprint density at radius 2 is 2.22 bits per heavy atom. The van der Waals surface area contributed by atoms with Gasteiger partial charge in [-0.1, -0.05) is 11.6 Å². The zero-order chi connectivity index (χ0) is 16.2. The van der Waals surface area contributed by atoms with Crippen molar-refractivity contribution < 1.29 is 5.11 Å². The van der Waals surface area contributed by atoms with Crippen molar-refractivity contribution in [3.05, 3.63) is 55.9 Å². The molecular formula is C17H19N3O3. The van der Waals surface area contributed by atoms with E-state index in [0.29, 0.717) is 18.7 Å². The van der Waals surface area contributed by atoms with Crippen molar-refractivity contribution in [3.63, 3.8) is 0 Å². The van der Waals surface area contributed by atoms with E-state index in [1.54, 1.807) is 18.4 Å². The summed E-state index contributed by atoms with van der Waals surface area (Å²) in [5, 5.41) is 10.3. The lowest BCUT2D eigenvalue weighted by Crippen LogP contribution is -2.31. The predicted octanol–water partition coefficient (Wildman–Crippen LogP) is 2.11. The smallest absolute Gasteiger partial charge is 0.331 e. The molecule has 1 aliphatic carbocycles. The number of aliphatic imine (C=N–C) groups is 1. The second-order valence-corrected chi connectivity index (χ2v) is 5.71. The Bertz CT molecular complexity index is 824. The summed E-state index contributed by atoms with van der Waals surface area (Å²) >= 11 is 0. The minimum Gasteiger partial charge on any atom is -0.494 e. The monoisotopic (exact) mass is 313 g/mol. The second-order valence-electron chi connectivity index (χ2n) is 5.71. The molecule has 1 aromatic rings. The van der Waals surface area contributed by atoms with Crippen LogP contribution in [0.2, 0.25) is 0 Å². The molecule has 2 heterocycles. The third-order valence-electron chi connectivity index (χ3n) is 4.12. The molecule has 6 heteroatoms. The Morgan fingerprint density at radius 1 is 1.35 bits per heavy atom. The molecule has 1 aromatic heterocycles.